The predicted octanol–water partition coefficient (Wildman–Crippen LogP) is -0.601. The van der Waals surface area contributed by atoms with Crippen LogP contribution in [0.2, 0.25) is 0 Å². The summed E-state index contributed by atoms with van der Waals surface area (Å²) in [6, 6.07) is 0. The zero-order valence-corrected chi connectivity index (χ0v) is 10.5. The standard InChI is InChI=1S/Ir.5O.Ru.Ta/q+3;5*-2;+3;+5. The van der Waals surface area contributed by atoms with Crippen LogP contribution < -0.4 is 0 Å². The summed E-state index contributed by atoms with van der Waals surface area (Å²) in [5.74, 6) is 0. The fourth-order valence-electron chi connectivity index (χ4n) is 0. The molecule has 0 fully saturated rings. The van der Waals surface area contributed by atoms with Crippen molar-refractivity contribution in [3.8, 4) is 0 Å². The summed E-state index contributed by atoms with van der Waals surface area (Å²) in [5.41, 5.74) is 0. The van der Waals surface area contributed by atoms with E-state index in [1.165, 1.54) is 0 Å². The fraction of sp³-hybridized carbons (Fsp3) is 0. The van der Waals surface area contributed by atoms with Gasteiger partial charge in [-0.15, -0.1) is 0 Å². The Bertz CT molecular complexity index is 12.4. The third-order valence-electron chi connectivity index (χ3n) is 0. The molecule has 0 amide bonds. The van der Waals surface area contributed by atoms with E-state index in [4.69, 9.17) is 0 Å². The van der Waals surface area contributed by atoms with Crippen molar-refractivity contribution >= 4 is 0 Å². The third-order valence-corrected chi connectivity index (χ3v) is 0. The van der Waals surface area contributed by atoms with Crippen LogP contribution in [-0.2, 0) is 89.3 Å². The first-order valence-electron chi connectivity index (χ1n) is 0. The Morgan fingerprint density at radius 1 is 0.500 bits per heavy atom. The quantitative estimate of drug-likeness (QED) is 0.353. The van der Waals surface area contributed by atoms with Gasteiger partial charge in [0.05, 0.1) is 0 Å². The minimum atomic E-state index is 0. The minimum absolute atomic E-state index is 0. The van der Waals surface area contributed by atoms with E-state index in [1.54, 1.807) is 0 Å². The summed E-state index contributed by atoms with van der Waals surface area (Å²) in [6.45, 7) is 0. The van der Waals surface area contributed by atoms with E-state index < -0.39 is 0 Å². The van der Waals surface area contributed by atoms with E-state index in [2.05, 4.69) is 0 Å². The molecule has 0 aliphatic heterocycles. The molecule has 0 aliphatic carbocycles. The van der Waals surface area contributed by atoms with Crippen LogP contribution in [0.1, 0.15) is 0 Å². The van der Waals surface area contributed by atoms with Gasteiger partial charge in [0, 0.05) is 0 Å². The van der Waals surface area contributed by atoms with Crippen molar-refractivity contribution in [3.05, 3.63) is 0 Å². The molecule has 0 unspecified atom stereocenters. The molecule has 0 N–H and O–H groups in total. The monoisotopic (exact) mass is 556 g/mol. The summed E-state index contributed by atoms with van der Waals surface area (Å²) >= 11 is 0. The van der Waals surface area contributed by atoms with E-state index in [0.717, 1.165) is 0 Å². The number of hydrogen-bond acceptors (Lipinski definition) is 0. The topological polar surface area (TPSA) is 142 Å². The molecule has 51 valence electrons. The second kappa shape index (κ2) is 164. The van der Waals surface area contributed by atoms with Gasteiger partial charge >= 0.3 is 62.0 Å². The van der Waals surface area contributed by atoms with E-state index in [-0.39, 0.29) is 89.3 Å². The van der Waals surface area contributed by atoms with Gasteiger partial charge in [0.15, 0.2) is 0 Å². The average Bonchev–Trinajstić information content (AvgIpc) is 0. The molecule has 0 atom stereocenters. The van der Waals surface area contributed by atoms with E-state index in [0.29, 0.717) is 0 Å². The zero-order valence-electron chi connectivity index (χ0n) is 3.18. The molecular weight excluding hydrogens is 554 g/mol. The maximum absolute atomic E-state index is 0. The van der Waals surface area contributed by atoms with E-state index >= 15 is 0 Å². The van der Waals surface area contributed by atoms with Crippen LogP contribution in [0.5, 0.6) is 0 Å². The molecular formula is IrO5RuTa+. The van der Waals surface area contributed by atoms with Crippen molar-refractivity contribution in [2.45, 2.75) is 0 Å². The van der Waals surface area contributed by atoms with Crippen LogP contribution in [0.15, 0.2) is 0 Å². The van der Waals surface area contributed by atoms with Crippen LogP contribution in [-0.4, -0.2) is 0 Å². The summed E-state index contributed by atoms with van der Waals surface area (Å²) in [4.78, 5) is 0. The van der Waals surface area contributed by atoms with E-state index in [9.17, 15) is 0 Å². The smallest absolute Gasteiger partial charge is 2.00 e. The molecule has 5 nitrogen and oxygen atoms in total. The molecule has 0 bridgehead atoms. The molecule has 0 saturated carbocycles. The summed E-state index contributed by atoms with van der Waals surface area (Å²) < 4.78 is 0. The Morgan fingerprint density at radius 2 is 0.500 bits per heavy atom. The third kappa shape index (κ3) is 110. The van der Waals surface area contributed by atoms with Crippen LogP contribution in [0.4, 0.5) is 0 Å². The normalized spacial score (nSPS) is 0. The molecule has 0 aromatic heterocycles. The summed E-state index contributed by atoms with van der Waals surface area (Å²) in [7, 11) is 0. The molecule has 0 rings (SSSR count). The van der Waals surface area contributed by atoms with Gasteiger partial charge in [-0.05, 0) is 0 Å². The molecule has 0 aromatic carbocycles. The van der Waals surface area contributed by atoms with Crippen molar-refractivity contribution in [1.29, 1.82) is 0 Å². The Labute approximate surface area is 88.8 Å². The van der Waals surface area contributed by atoms with Crippen molar-refractivity contribution in [2.75, 3.05) is 0 Å². The molecule has 8 heteroatoms. The first-order valence-corrected chi connectivity index (χ1v) is 0. The number of hydrogen-bond donors (Lipinski definition) is 0. The van der Waals surface area contributed by atoms with Crippen LogP contribution in [0.3, 0.4) is 0 Å². The first-order chi connectivity index (χ1) is 0. The maximum atomic E-state index is 0. The van der Waals surface area contributed by atoms with Gasteiger partial charge in [0.1, 0.15) is 0 Å². The van der Waals surface area contributed by atoms with Crippen molar-refractivity contribution in [2.24, 2.45) is 0 Å². The van der Waals surface area contributed by atoms with E-state index in [1.807, 2.05) is 0 Å². The van der Waals surface area contributed by atoms with Crippen molar-refractivity contribution in [3.63, 3.8) is 0 Å². The van der Waals surface area contributed by atoms with Crippen LogP contribution in [0.25, 0.3) is 0 Å². The van der Waals surface area contributed by atoms with Gasteiger partial charge in [0.25, 0.3) is 0 Å². The average molecular weight is 554 g/mol. The Kier molecular flexibility index (Phi) is 4740. The second-order valence-electron chi connectivity index (χ2n) is 0. The van der Waals surface area contributed by atoms with Gasteiger partial charge in [-0.3, -0.25) is 0 Å². The van der Waals surface area contributed by atoms with Crippen LogP contribution >= 0.6 is 0 Å². The Hall–Kier alpha value is 1.81. The predicted molar refractivity (Wildman–Crippen MR) is 3.43 cm³/mol. The second-order valence-corrected chi connectivity index (χ2v) is 0. The molecule has 8 heavy (non-hydrogen) atoms. The van der Waals surface area contributed by atoms with Gasteiger partial charge in [-0.2, -0.15) is 0 Å². The van der Waals surface area contributed by atoms with Gasteiger partial charge in [0.2, 0.25) is 0 Å². The molecule has 0 aromatic rings. The fourth-order valence-corrected chi connectivity index (χ4v) is 0. The summed E-state index contributed by atoms with van der Waals surface area (Å²) in [6.07, 6.45) is 0. The molecule has 0 heterocycles. The molecule has 0 saturated heterocycles. The maximum Gasteiger partial charge on any atom is 5.00 e. The van der Waals surface area contributed by atoms with Crippen molar-refractivity contribution in [1.82, 2.24) is 0 Å². The largest absolute Gasteiger partial charge is 5.00 e. The summed E-state index contributed by atoms with van der Waals surface area (Å²) in [5, 5.41) is 0. The first kappa shape index (κ1) is 232. The molecule has 1 radical (unpaired) electrons. The van der Waals surface area contributed by atoms with Gasteiger partial charge < -0.3 is 27.4 Å². The minimum Gasteiger partial charge on any atom is -2.00 e. The number of rotatable bonds is 0. The Balaban J connectivity index is 0. The molecule has 0 spiro atoms. The zero-order chi connectivity index (χ0) is 0. The van der Waals surface area contributed by atoms with Crippen LogP contribution in [0, 0.1) is 0 Å². The van der Waals surface area contributed by atoms with Crippen molar-refractivity contribution < 1.29 is 89.3 Å². The molecule has 0 aliphatic rings. The SMILES string of the molecule is [Ir+3].[O-2].[O-2].[O-2].[O-2].[O-2].[Ru+3].[Ta+5]. The van der Waals surface area contributed by atoms with Gasteiger partial charge in [-0.1, -0.05) is 0 Å². The van der Waals surface area contributed by atoms with Gasteiger partial charge in [-0.25, -0.2) is 0 Å². The Morgan fingerprint density at radius 3 is 0.500 bits per heavy atom.